The van der Waals surface area contributed by atoms with Crippen LogP contribution in [0.3, 0.4) is 0 Å². The third-order valence-corrected chi connectivity index (χ3v) is 5.17. The van der Waals surface area contributed by atoms with Gasteiger partial charge in [-0.1, -0.05) is 57.7 Å². The molecule has 1 fully saturated rings. The van der Waals surface area contributed by atoms with Crippen molar-refractivity contribution in [2.75, 3.05) is 13.1 Å². The average molecular weight is 419 g/mol. The van der Waals surface area contributed by atoms with E-state index in [1.807, 2.05) is 12.1 Å². The molecule has 1 heterocycles. The number of hydrogen-bond donors (Lipinski definition) is 2. The first-order valence-electron chi connectivity index (χ1n) is 9.84. The van der Waals surface area contributed by atoms with E-state index in [4.69, 9.17) is 5.11 Å². The van der Waals surface area contributed by atoms with Crippen LogP contribution < -0.4 is 5.32 Å². The van der Waals surface area contributed by atoms with E-state index < -0.39 is 11.2 Å². The molecule has 1 saturated heterocycles. The Kier molecular flexibility index (Phi) is 8.85. The SMILES string of the molecule is CC(C)CN(Cc1cccc(C=NN=C2NC(=O)C(CC(=O)O)S2)c1)CC(C)C. The van der Waals surface area contributed by atoms with E-state index in [-0.39, 0.29) is 12.3 Å². The van der Waals surface area contributed by atoms with Gasteiger partial charge in [-0.15, -0.1) is 5.10 Å². The predicted molar refractivity (Wildman–Crippen MR) is 118 cm³/mol. The maximum Gasteiger partial charge on any atom is 0.305 e. The van der Waals surface area contributed by atoms with Crippen LogP contribution in [0.5, 0.6) is 0 Å². The molecule has 0 radical (unpaired) electrons. The summed E-state index contributed by atoms with van der Waals surface area (Å²) in [7, 11) is 0. The number of hydrogen-bond acceptors (Lipinski definition) is 6. The molecule has 158 valence electrons. The van der Waals surface area contributed by atoms with Crippen molar-refractivity contribution in [3.63, 3.8) is 0 Å². The molecule has 7 nitrogen and oxygen atoms in total. The zero-order chi connectivity index (χ0) is 21.4. The van der Waals surface area contributed by atoms with Crippen LogP contribution in [0.25, 0.3) is 0 Å². The lowest BCUT2D eigenvalue weighted by atomic mass is 10.1. The molecular formula is C21H30N4O3S. The summed E-state index contributed by atoms with van der Waals surface area (Å²) in [4.78, 5) is 25.0. The molecule has 1 aliphatic heterocycles. The molecular weight excluding hydrogens is 388 g/mol. The van der Waals surface area contributed by atoms with E-state index in [9.17, 15) is 9.59 Å². The molecule has 0 spiro atoms. The quantitative estimate of drug-likeness (QED) is 0.449. The Morgan fingerprint density at radius 1 is 1.28 bits per heavy atom. The zero-order valence-corrected chi connectivity index (χ0v) is 18.3. The lowest BCUT2D eigenvalue weighted by molar-refractivity contribution is -0.138. The third kappa shape index (κ3) is 8.37. The number of benzene rings is 1. The Labute approximate surface area is 176 Å². The summed E-state index contributed by atoms with van der Waals surface area (Å²) in [6, 6.07) is 8.16. The fourth-order valence-corrected chi connectivity index (χ4v) is 4.07. The summed E-state index contributed by atoms with van der Waals surface area (Å²) in [5, 5.41) is 19.1. The van der Waals surface area contributed by atoms with Crippen LogP contribution in [0.15, 0.2) is 34.5 Å². The van der Waals surface area contributed by atoms with Gasteiger partial charge in [0, 0.05) is 19.6 Å². The number of rotatable bonds is 10. The van der Waals surface area contributed by atoms with Gasteiger partial charge in [0.2, 0.25) is 5.91 Å². The molecule has 1 amide bonds. The highest BCUT2D eigenvalue weighted by atomic mass is 32.2. The summed E-state index contributed by atoms with van der Waals surface area (Å²) in [5.41, 5.74) is 2.14. The van der Waals surface area contributed by atoms with Crippen LogP contribution in [0.1, 0.15) is 45.2 Å². The number of carboxylic acids is 1. The first kappa shape index (κ1) is 23.1. The monoisotopic (exact) mass is 418 g/mol. The normalized spacial score (nSPS) is 18.5. The van der Waals surface area contributed by atoms with Crippen molar-refractivity contribution in [3.8, 4) is 0 Å². The second-order valence-electron chi connectivity index (χ2n) is 8.07. The molecule has 0 bridgehead atoms. The van der Waals surface area contributed by atoms with E-state index >= 15 is 0 Å². The topological polar surface area (TPSA) is 94.4 Å². The number of carbonyl (C=O) groups is 2. The lowest BCUT2D eigenvalue weighted by Crippen LogP contribution is -2.30. The Balaban J connectivity index is 2.00. The van der Waals surface area contributed by atoms with E-state index in [1.54, 1.807) is 6.21 Å². The number of aliphatic carboxylic acids is 1. The van der Waals surface area contributed by atoms with Gasteiger partial charge in [-0.05, 0) is 29.0 Å². The number of carboxylic acid groups (broad SMARTS) is 1. The molecule has 0 aliphatic carbocycles. The summed E-state index contributed by atoms with van der Waals surface area (Å²) in [5.74, 6) is -0.135. The molecule has 8 heteroatoms. The van der Waals surface area contributed by atoms with E-state index in [1.165, 1.54) is 5.56 Å². The molecule has 0 saturated carbocycles. The van der Waals surface area contributed by atoms with Crippen LogP contribution in [0.4, 0.5) is 0 Å². The first-order chi connectivity index (χ1) is 13.7. The maximum absolute atomic E-state index is 11.7. The minimum Gasteiger partial charge on any atom is -0.481 e. The molecule has 29 heavy (non-hydrogen) atoms. The van der Waals surface area contributed by atoms with Crippen molar-refractivity contribution in [2.45, 2.75) is 45.9 Å². The second-order valence-corrected chi connectivity index (χ2v) is 9.26. The fourth-order valence-electron chi connectivity index (χ4n) is 3.16. The van der Waals surface area contributed by atoms with Crippen LogP contribution in [0, 0.1) is 11.8 Å². The van der Waals surface area contributed by atoms with Gasteiger partial charge in [0.15, 0.2) is 5.17 Å². The van der Waals surface area contributed by atoms with Crippen molar-refractivity contribution in [1.82, 2.24) is 10.2 Å². The molecule has 1 aromatic carbocycles. The van der Waals surface area contributed by atoms with E-state index in [0.717, 1.165) is 37.0 Å². The largest absolute Gasteiger partial charge is 0.481 e. The van der Waals surface area contributed by atoms with Crippen LogP contribution in [-0.4, -0.2) is 51.6 Å². The van der Waals surface area contributed by atoms with Crippen LogP contribution in [-0.2, 0) is 16.1 Å². The van der Waals surface area contributed by atoms with Gasteiger partial charge in [-0.25, -0.2) is 0 Å². The van der Waals surface area contributed by atoms with Gasteiger partial charge < -0.3 is 10.4 Å². The molecule has 1 aromatic rings. The highest BCUT2D eigenvalue weighted by molar-refractivity contribution is 8.15. The van der Waals surface area contributed by atoms with Crippen molar-refractivity contribution < 1.29 is 14.7 Å². The van der Waals surface area contributed by atoms with E-state index in [0.29, 0.717) is 17.0 Å². The molecule has 2 N–H and O–H groups in total. The van der Waals surface area contributed by atoms with Crippen molar-refractivity contribution in [3.05, 3.63) is 35.4 Å². The minimum atomic E-state index is -1.01. The minimum absolute atomic E-state index is 0.232. The smallest absolute Gasteiger partial charge is 0.305 e. The van der Waals surface area contributed by atoms with Crippen molar-refractivity contribution in [1.29, 1.82) is 0 Å². The third-order valence-electron chi connectivity index (χ3n) is 4.10. The Bertz CT molecular complexity index is 767. The molecule has 2 rings (SSSR count). The summed E-state index contributed by atoms with van der Waals surface area (Å²) in [6.45, 7) is 11.9. The van der Waals surface area contributed by atoms with Gasteiger partial charge in [0.05, 0.1) is 12.6 Å². The highest BCUT2D eigenvalue weighted by Gasteiger charge is 2.32. The summed E-state index contributed by atoms with van der Waals surface area (Å²) in [6.07, 6.45) is 1.41. The van der Waals surface area contributed by atoms with E-state index in [2.05, 4.69) is 60.2 Å². The van der Waals surface area contributed by atoms with Gasteiger partial charge in [-0.3, -0.25) is 14.5 Å². The number of amidine groups is 1. The van der Waals surface area contributed by atoms with Crippen molar-refractivity contribution >= 4 is 35.0 Å². The number of carbonyl (C=O) groups excluding carboxylic acids is 1. The predicted octanol–water partition coefficient (Wildman–Crippen LogP) is 3.20. The number of amides is 1. The standard InChI is InChI=1S/C21H30N4O3S/c1-14(2)11-25(12-15(3)4)13-17-7-5-6-16(8-17)10-22-24-21-23-20(28)18(29-21)9-19(26)27/h5-8,10,14-15,18H,9,11-13H2,1-4H3,(H,26,27)(H,23,24,28). The second kappa shape index (κ2) is 11.1. The van der Waals surface area contributed by atoms with Gasteiger partial charge in [-0.2, -0.15) is 5.10 Å². The van der Waals surface area contributed by atoms with Gasteiger partial charge in [0.1, 0.15) is 5.25 Å². The first-order valence-corrected chi connectivity index (χ1v) is 10.7. The number of thioether (sulfide) groups is 1. The summed E-state index contributed by atoms with van der Waals surface area (Å²) < 4.78 is 0. The van der Waals surface area contributed by atoms with Gasteiger partial charge >= 0.3 is 5.97 Å². The molecule has 1 atom stereocenters. The molecule has 1 unspecified atom stereocenters. The highest BCUT2D eigenvalue weighted by Crippen LogP contribution is 2.22. The number of nitrogens with one attached hydrogen (secondary N) is 1. The summed E-state index contributed by atoms with van der Waals surface area (Å²) >= 11 is 1.09. The van der Waals surface area contributed by atoms with Crippen molar-refractivity contribution in [2.24, 2.45) is 22.0 Å². The molecule has 1 aliphatic rings. The molecule has 0 aromatic heterocycles. The number of nitrogens with zero attached hydrogens (tertiary/aromatic N) is 3. The lowest BCUT2D eigenvalue weighted by Gasteiger charge is -2.26. The zero-order valence-electron chi connectivity index (χ0n) is 17.5. The van der Waals surface area contributed by atoms with Gasteiger partial charge in [0.25, 0.3) is 0 Å². The fraction of sp³-hybridized carbons (Fsp3) is 0.524. The maximum atomic E-state index is 11.7. The van der Waals surface area contributed by atoms with Crippen LogP contribution >= 0.6 is 11.8 Å². The Hall–Kier alpha value is -2.19. The van der Waals surface area contributed by atoms with Crippen LogP contribution in [0.2, 0.25) is 0 Å². The average Bonchev–Trinajstić information content (AvgIpc) is 2.93. The Morgan fingerprint density at radius 3 is 2.59 bits per heavy atom. The Morgan fingerprint density at radius 2 is 1.97 bits per heavy atom.